The van der Waals surface area contributed by atoms with E-state index in [1.165, 1.54) is 6.08 Å². The van der Waals surface area contributed by atoms with Crippen LogP contribution in [0.25, 0.3) is 0 Å². The Kier molecular flexibility index (Phi) is 3.50. The number of carbonyl (C=O) groups is 2. The number of aliphatic carboxylic acids is 2. The fraction of sp³-hybridized carbons (Fsp3) is 0.636. The Morgan fingerprint density at radius 2 is 1.87 bits per heavy atom. The maximum atomic E-state index is 11.1. The van der Waals surface area contributed by atoms with Crippen molar-refractivity contribution < 1.29 is 19.8 Å². The lowest BCUT2D eigenvalue weighted by atomic mass is 9.71. The summed E-state index contributed by atoms with van der Waals surface area (Å²) in [5.74, 6) is -3.66. The zero-order valence-corrected chi connectivity index (χ0v) is 8.88. The first-order valence-electron chi connectivity index (χ1n) is 5.07. The Bertz CT molecular complexity index is 293. The van der Waals surface area contributed by atoms with E-state index < -0.39 is 23.8 Å². The first-order valence-corrected chi connectivity index (χ1v) is 5.07. The average Bonchev–Trinajstić information content (AvgIpc) is 2.16. The molecule has 4 heteroatoms. The quantitative estimate of drug-likeness (QED) is 0.697. The Morgan fingerprint density at radius 3 is 2.27 bits per heavy atom. The molecular formula is C11H16O4. The highest BCUT2D eigenvalue weighted by Gasteiger charge is 2.40. The molecule has 4 nitrogen and oxygen atoms in total. The minimum absolute atomic E-state index is 0.0893. The Balaban J connectivity index is 2.99. The van der Waals surface area contributed by atoms with Crippen LogP contribution in [0.5, 0.6) is 0 Å². The van der Waals surface area contributed by atoms with Crippen molar-refractivity contribution in [2.45, 2.75) is 20.3 Å². The number of allylic oxidation sites excluding steroid dienone is 1. The van der Waals surface area contributed by atoms with E-state index in [1.54, 1.807) is 6.08 Å². The molecule has 0 heterocycles. The lowest BCUT2D eigenvalue weighted by Crippen LogP contribution is -2.38. The number of rotatable bonds is 3. The molecule has 1 rings (SSSR count). The van der Waals surface area contributed by atoms with Crippen LogP contribution in [0.15, 0.2) is 12.2 Å². The molecule has 15 heavy (non-hydrogen) atoms. The van der Waals surface area contributed by atoms with Gasteiger partial charge in [0.2, 0.25) is 0 Å². The second kappa shape index (κ2) is 4.47. The van der Waals surface area contributed by atoms with Crippen molar-refractivity contribution >= 4 is 11.9 Å². The van der Waals surface area contributed by atoms with Crippen LogP contribution in [0.1, 0.15) is 20.3 Å². The Hall–Kier alpha value is -1.32. The molecular weight excluding hydrogens is 196 g/mol. The van der Waals surface area contributed by atoms with Gasteiger partial charge in [-0.05, 0) is 18.3 Å². The monoisotopic (exact) mass is 212 g/mol. The van der Waals surface area contributed by atoms with Crippen LogP contribution in [0.3, 0.4) is 0 Å². The second-order valence-corrected chi connectivity index (χ2v) is 4.30. The molecule has 0 bridgehead atoms. The molecule has 84 valence electrons. The molecule has 3 unspecified atom stereocenters. The molecule has 0 radical (unpaired) electrons. The van der Waals surface area contributed by atoms with Crippen molar-refractivity contribution in [3.8, 4) is 0 Å². The van der Waals surface area contributed by atoms with Gasteiger partial charge < -0.3 is 10.2 Å². The number of carboxylic acid groups (broad SMARTS) is 2. The van der Waals surface area contributed by atoms with E-state index in [9.17, 15) is 9.59 Å². The molecule has 1 aliphatic carbocycles. The van der Waals surface area contributed by atoms with Crippen LogP contribution < -0.4 is 0 Å². The molecule has 0 saturated carbocycles. The second-order valence-electron chi connectivity index (χ2n) is 4.30. The largest absolute Gasteiger partial charge is 0.481 e. The maximum absolute atomic E-state index is 11.1. The van der Waals surface area contributed by atoms with E-state index >= 15 is 0 Å². The van der Waals surface area contributed by atoms with Gasteiger partial charge in [0.15, 0.2) is 0 Å². The number of hydrogen-bond donors (Lipinski definition) is 2. The topological polar surface area (TPSA) is 74.6 Å². The lowest BCUT2D eigenvalue weighted by Gasteiger charge is -2.32. The zero-order valence-electron chi connectivity index (χ0n) is 8.88. The fourth-order valence-corrected chi connectivity index (χ4v) is 2.17. The van der Waals surface area contributed by atoms with E-state index in [-0.39, 0.29) is 11.8 Å². The molecule has 0 saturated heterocycles. The summed E-state index contributed by atoms with van der Waals surface area (Å²) < 4.78 is 0. The SMILES string of the molecule is CC(C)C1CC=CC(C(=O)O)C1C(=O)O. The molecule has 0 aromatic heterocycles. The van der Waals surface area contributed by atoms with E-state index in [2.05, 4.69) is 0 Å². The molecule has 3 atom stereocenters. The summed E-state index contributed by atoms with van der Waals surface area (Å²) in [5.41, 5.74) is 0. The average molecular weight is 212 g/mol. The number of hydrogen-bond acceptors (Lipinski definition) is 2. The van der Waals surface area contributed by atoms with Gasteiger partial charge in [-0.1, -0.05) is 26.0 Å². The molecule has 0 aliphatic heterocycles. The third kappa shape index (κ3) is 2.37. The van der Waals surface area contributed by atoms with E-state index in [0.29, 0.717) is 6.42 Å². The summed E-state index contributed by atoms with van der Waals surface area (Å²) in [6.07, 6.45) is 3.93. The van der Waals surface area contributed by atoms with E-state index in [0.717, 1.165) is 0 Å². The summed E-state index contributed by atoms with van der Waals surface area (Å²) in [7, 11) is 0. The smallest absolute Gasteiger partial charge is 0.311 e. The highest BCUT2D eigenvalue weighted by molar-refractivity contribution is 5.82. The fourth-order valence-electron chi connectivity index (χ4n) is 2.17. The van der Waals surface area contributed by atoms with Gasteiger partial charge in [0.25, 0.3) is 0 Å². The van der Waals surface area contributed by atoms with Crippen molar-refractivity contribution in [2.75, 3.05) is 0 Å². The van der Waals surface area contributed by atoms with Gasteiger partial charge in [0.1, 0.15) is 0 Å². The molecule has 0 fully saturated rings. The van der Waals surface area contributed by atoms with E-state index in [4.69, 9.17) is 10.2 Å². The van der Waals surface area contributed by atoms with Gasteiger partial charge in [0, 0.05) is 0 Å². The number of carboxylic acids is 2. The Morgan fingerprint density at radius 1 is 1.27 bits per heavy atom. The van der Waals surface area contributed by atoms with Crippen molar-refractivity contribution in [2.24, 2.45) is 23.7 Å². The van der Waals surface area contributed by atoms with Gasteiger partial charge >= 0.3 is 11.9 Å². The normalized spacial score (nSPS) is 30.5. The third-order valence-electron chi connectivity index (χ3n) is 3.03. The van der Waals surface area contributed by atoms with Crippen LogP contribution in [-0.4, -0.2) is 22.2 Å². The van der Waals surface area contributed by atoms with E-state index in [1.807, 2.05) is 13.8 Å². The zero-order chi connectivity index (χ0) is 11.6. The molecule has 0 aromatic carbocycles. The summed E-state index contributed by atoms with van der Waals surface area (Å²) >= 11 is 0. The standard InChI is InChI=1S/C11H16O4/c1-6(2)7-4-3-5-8(10(12)13)9(7)11(14)15/h3,5-9H,4H2,1-2H3,(H,12,13)(H,14,15). The molecule has 0 spiro atoms. The Labute approximate surface area is 88.6 Å². The third-order valence-corrected chi connectivity index (χ3v) is 3.03. The first-order chi connectivity index (χ1) is 6.95. The van der Waals surface area contributed by atoms with Gasteiger partial charge in [-0.25, -0.2) is 0 Å². The first kappa shape index (κ1) is 11.8. The van der Waals surface area contributed by atoms with Crippen LogP contribution in [0.4, 0.5) is 0 Å². The minimum Gasteiger partial charge on any atom is -0.481 e. The van der Waals surface area contributed by atoms with Gasteiger partial charge in [-0.2, -0.15) is 0 Å². The van der Waals surface area contributed by atoms with Crippen LogP contribution in [0, 0.1) is 23.7 Å². The predicted octanol–water partition coefficient (Wildman–Crippen LogP) is 1.62. The maximum Gasteiger partial charge on any atom is 0.311 e. The van der Waals surface area contributed by atoms with Crippen molar-refractivity contribution in [3.63, 3.8) is 0 Å². The summed E-state index contributed by atoms with van der Waals surface area (Å²) in [4.78, 5) is 22.0. The van der Waals surface area contributed by atoms with Gasteiger partial charge in [0.05, 0.1) is 11.8 Å². The van der Waals surface area contributed by atoms with Crippen molar-refractivity contribution in [3.05, 3.63) is 12.2 Å². The molecule has 1 aliphatic rings. The van der Waals surface area contributed by atoms with Gasteiger partial charge in [-0.15, -0.1) is 0 Å². The molecule has 0 amide bonds. The van der Waals surface area contributed by atoms with Gasteiger partial charge in [-0.3, -0.25) is 9.59 Å². The van der Waals surface area contributed by atoms with Crippen LogP contribution >= 0.6 is 0 Å². The van der Waals surface area contributed by atoms with Crippen LogP contribution in [-0.2, 0) is 9.59 Å². The molecule has 0 aromatic rings. The van der Waals surface area contributed by atoms with Crippen molar-refractivity contribution in [1.82, 2.24) is 0 Å². The van der Waals surface area contributed by atoms with Crippen molar-refractivity contribution in [1.29, 1.82) is 0 Å². The molecule has 2 N–H and O–H groups in total. The van der Waals surface area contributed by atoms with Crippen LogP contribution in [0.2, 0.25) is 0 Å². The minimum atomic E-state index is -1.05. The summed E-state index contributed by atoms with van der Waals surface area (Å²) in [5, 5.41) is 18.0. The lowest BCUT2D eigenvalue weighted by molar-refractivity contribution is -0.155. The predicted molar refractivity (Wildman–Crippen MR) is 54.3 cm³/mol. The highest BCUT2D eigenvalue weighted by atomic mass is 16.4. The highest BCUT2D eigenvalue weighted by Crippen LogP contribution is 2.35. The summed E-state index contributed by atoms with van der Waals surface area (Å²) in [6.45, 7) is 3.86. The summed E-state index contributed by atoms with van der Waals surface area (Å²) in [6, 6.07) is 0.